The summed E-state index contributed by atoms with van der Waals surface area (Å²) in [6.07, 6.45) is 1.60. The first-order valence-corrected chi connectivity index (χ1v) is 4.44. The minimum absolute atomic E-state index is 0.0281. The minimum Gasteiger partial charge on any atom is -0.480 e. The van der Waals surface area contributed by atoms with Crippen molar-refractivity contribution in [3.8, 4) is 0 Å². The first kappa shape index (κ1) is 10.3. The molecule has 11 heavy (non-hydrogen) atoms. The van der Waals surface area contributed by atoms with Crippen molar-refractivity contribution in [3.63, 3.8) is 0 Å². The number of carbonyl (C=O) groups is 1. The molecule has 0 amide bonds. The van der Waals surface area contributed by atoms with Crippen LogP contribution in [-0.4, -0.2) is 27.1 Å². The first-order valence-electron chi connectivity index (χ1n) is 3.06. The van der Waals surface area contributed by atoms with Gasteiger partial charge in [0.15, 0.2) is 0 Å². The van der Waals surface area contributed by atoms with Crippen LogP contribution in [0.25, 0.3) is 0 Å². The largest absolute Gasteiger partial charge is 0.480 e. The Morgan fingerprint density at radius 1 is 1.82 bits per heavy atom. The molecule has 0 spiro atoms. The Hall–Kier alpha value is -0.680. The Bertz CT molecular complexity index is 190. The van der Waals surface area contributed by atoms with Crippen molar-refractivity contribution in [1.82, 2.24) is 0 Å². The lowest BCUT2D eigenvalue weighted by atomic mass is 10.4. The number of nitrogens with two attached hydrogens (primary N) is 1. The average molecular weight is 177 g/mol. The van der Waals surface area contributed by atoms with Gasteiger partial charge in [-0.2, -0.15) is 0 Å². The van der Waals surface area contributed by atoms with Crippen molar-refractivity contribution in [2.24, 2.45) is 5.73 Å². The molecule has 3 N–H and O–H groups in total. The van der Waals surface area contributed by atoms with E-state index in [4.69, 9.17) is 10.8 Å². The Morgan fingerprint density at radius 2 is 2.36 bits per heavy atom. The Labute approximate surface area is 67.5 Å². The van der Waals surface area contributed by atoms with Gasteiger partial charge in [-0.3, -0.25) is 9.00 Å². The molecular weight excluding hydrogens is 166 g/mol. The van der Waals surface area contributed by atoms with Gasteiger partial charge in [-0.1, -0.05) is 6.08 Å². The van der Waals surface area contributed by atoms with Gasteiger partial charge < -0.3 is 10.8 Å². The zero-order chi connectivity index (χ0) is 8.85. The zero-order valence-electron chi connectivity index (χ0n) is 6.19. The average Bonchev–Trinajstić information content (AvgIpc) is 1.87. The molecule has 0 aromatic rings. The second kappa shape index (κ2) is 5.03. The van der Waals surface area contributed by atoms with E-state index in [-0.39, 0.29) is 5.75 Å². The topological polar surface area (TPSA) is 80.4 Å². The van der Waals surface area contributed by atoms with Crippen LogP contribution in [0.15, 0.2) is 11.5 Å². The molecule has 0 bridgehead atoms. The maximum Gasteiger partial charge on any atom is 0.321 e. The predicted molar refractivity (Wildman–Crippen MR) is 43.4 cm³/mol. The van der Waals surface area contributed by atoms with Crippen molar-refractivity contribution in [1.29, 1.82) is 0 Å². The zero-order valence-corrected chi connectivity index (χ0v) is 7.00. The molecule has 0 aromatic carbocycles. The highest BCUT2D eigenvalue weighted by Gasteiger charge is 2.12. The summed E-state index contributed by atoms with van der Waals surface area (Å²) in [5.41, 5.74) is 5.12. The molecule has 0 saturated heterocycles. The van der Waals surface area contributed by atoms with E-state index >= 15 is 0 Å². The Balaban J connectivity index is 3.85. The molecule has 0 heterocycles. The smallest absolute Gasteiger partial charge is 0.321 e. The molecule has 5 heteroatoms. The van der Waals surface area contributed by atoms with Crippen molar-refractivity contribution in [2.45, 2.75) is 13.0 Å². The summed E-state index contributed by atoms with van der Waals surface area (Å²) in [4.78, 5) is 10.2. The Kier molecular flexibility index (Phi) is 4.72. The SMILES string of the molecule is C/C=C/[S@@](=O)C[C@H](N)C(=O)O. The summed E-state index contributed by atoms with van der Waals surface area (Å²) in [5.74, 6) is -1.15. The van der Waals surface area contributed by atoms with E-state index in [9.17, 15) is 9.00 Å². The fourth-order valence-corrected chi connectivity index (χ4v) is 1.37. The standard InChI is InChI=1S/C6H11NO3S/c1-2-3-11(10)4-5(7)6(8)9/h2-3,5H,4,7H2,1H3,(H,8,9)/b3-2+/t5-,11+/m0/s1. The van der Waals surface area contributed by atoms with Crippen LogP contribution in [0.1, 0.15) is 6.92 Å². The molecule has 0 aliphatic rings. The molecule has 4 nitrogen and oxygen atoms in total. The summed E-state index contributed by atoms with van der Waals surface area (Å²) in [6, 6.07) is -1.04. The summed E-state index contributed by atoms with van der Waals surface area (Å²) >= 11 is 0. The van der Waals surface area contributed by atoms with E-state index in [0.717, 1.165) is 0 Å². The Morgan fingerprint density at radius 3 is 2.73 bits per heavy atom. The quantitative estimate of drug-likeness (QED) is 0.616. The number of hydrogen-bond donors (Lipinski definition) is 2. The minimum atomic E-state index is -1.26. The lowest BCUT2D eigenvalue weighted by Gasteiger charge is -2.01. The third-order valence-electron chi connectivity index (χ3n) is 0.949. The number of allylic oxidation sites excluding steroid dienone is 1. The molecular formula is C6H11NO3S. The summed E-state index contributed by atoms with van der Waals surface area (Å²) < 4.78 is 10.8. The number of carboxylic acids is 1. The maximum atomic E-state index is 10.8. The van der Waals surface area contributed by atoms with Crippen molar-refractivity contribution in [3.05, 3.63) is 11.5 Å². The van der Waals surface area contributed by atoms with E-state index in [1.807, 2.05) is 0 Å². The second-order valence-corrected chi connectivity index (χ2v) is 3.33. The van der Waals surface area contributed by atoms with E-state index in [1.54, 1.807) is 13.0 Å². The monoisotopic (exact) mass is 177 g/mol. The molecule has 0 aliphatic heterocycles. The lowest BCUT2D eigenvalue weighted by Crippen LogP contribution is -2.35. The fraction of sp³-hybridized carbons (Fsp3) is 0.500. The maximum absolute atomic E-state index is 10.8. The van der Waals surface area contributed by atoms with Crippen LogP contribution in [0.3, 0.4) is 0 Å². The van der Waals surface area contributed by atoms with Gasteiger partial charge in [0.2, 0.25) is 0 Å². The van der Waals surface area contributed by atoms with Gasteiger partial charge >= 0.3 is 5.97 Å². The number of rotatable bonds is 4. The molecule has 0 unspecified atom stereocenters. The van der Waals surface area contributed by atoms with E-state index < -0.39 is 22.8 Å². The van der Waals surface area contributed by atoms with Crippen molar-refractivity contribution < 1.29 is 14.1 Å². The molecule has 0 aromatic heterocycles. The molecule has 0 aliphatic carbocycles. The first-order chi connectivity index (χ1) is 5.07. The van der Waals surface area contributed by atoms with Crippen LogP contribution < -0.4 is 5.73 Å². The normalized spacial score (nSPS) is 16.5. The van der Waals surface area contributed by atoms with Gasteiger partial charge in [-0.15, -0.1) is 0 Å². The highest BCUT2D eigenvalue weighted by molar-refractivity contribution is 7.88. The molecule has 0 radical (unpaired) electrons. The van der Waals surface area contributed by atoms with Crippen LogP contribution in [-0.2, 0) is 15.6 Å². The summed E-state index contributed by atoms with van der Waals surface area (Å²) in [6.45, 7) is 1.71. The number of carboxylic acid groups (broad SMARTS) is 1. The highest BCUT2D eigenvalue weighted by atomic mass is 32.2. The highest BCUT2D eigenvalue weighted by Crippen LogP contribution is 1.89. The lowest BCUT2D eigenvalue weighted by molar-refractivity contribution is -0.137. The van der Waals surface area contributed by atoms with Crippen LogP contribution in [0.4, 0.5) is 0 Å². The van der Waals surface area contributed by atoms with E-state index in [0.29, 0.717) is 0 Å². The van der Waals surface area contributed by atoms with Crippen LogP contribution in [0, 0.1) is 0 Å². The van der Waals surface area contributed by atoms with E-state index in [1.165, 1.54) is 5.41 Å². The molecule has 2 atom stereocenters. The van der Waals surface area contributed by atoms with Gasteiger partial charge in [0.1, 0.15) is 6.04 Å². The van der Waals surface area contributed by atoms with Gasteiger partial charge in [0.25, 0.3) is 0 Å². The van der Waals surface area contributed by atoms with Crippen LogP contribution in [0.5, 0.6) is 0 Å². The van der Waals surface area contributed by atoms with Gasteiger partial charge in [-0.05, 0) is 12.3 Å². The molecule has 0 fully saturated rings. The van der Waals surface area contributed by atoms with Crippen LogP contribution in [0.2, 0.25) is 0 Å². The summed E-state index contributed by atoms with van der Waals surface area (Å²) in [5, 5.41) is 9.74. The molecule has 0 rings (SSSR count). The predicted octanol–water partition coefficient (Wildman–Crippen LogP) is -0.319. The molecule has 0 saturated carbocycles. The van der Waals surface area contributed by atoms with E-state index in [2.05, 4.69) is 0 Å². The summed E-state index contributed by atoms with van der Waals surface area (Å²) in [7, 11) is -1.26. The fourth-order valence-electron chi connectivity index (χ4n) is 0.456. The van der Waals surface area contributed by atoms with Gasteiger partial charge in [0.05, 0.1) is 5.75 Å². The second-order valence-electron chi connectivity index (χ2n) is 1.96. The van der Waals surface area contributed by atoms with Gasteiger partial charge in [-0.25, -0.2) is 0 Å². The number of hydrogen-bond acceptors (Lipinski definition) is 3. The molecule has 64 valence electrons. The number of aliphatic carboxylic acids is 1. The third kappa shape index (κ3) is 4.69. The van der Waals surface area contributed by atoms with Crippen molar-refractivity contribution >= 4 is 16.8 Å². The van der Waals surface area contributed by atoms with Gasteiger partial charge in [0, 0.05) is 10.8 Å². The van der Waals surface area contributed by atoms with Crippen LogP contribution >= 0.6 is 0 Å². The van der Waals surface area contributed by atoms with Crippen molar-refractivity contribution in [2.75, 3.05) is 5.75 Å². The third-order valence-corrected chi connectivity index (χ3v) is 2.21.